The molecular weight excluding hydrogens is 306 g/mol. The van der Waals surface area contributed by atoms with Gasteiger partial charge in [-0.05, 0) is 37.1 Å². The number of rotatable bonds is 5. The maximum atomic E-state index is 12.7. The second kappa shape index (κ2) is 7.01. The van der Waals surface area contributed by atoms with Gasteiger partial charge in [-0.25, -0.2) is 0 Å². The molecule has 0 radical (unpaired) electrons. The Kier molecular flexibility index (Phi) is 5.24. The lowest BCUT2D eigenvalue weighted by molar-refractivity contribution is -0.157. The third-order valence-electron chi connectivity index (χ3n) is 3.66. The number of carbonyl (C=O) groups excluding carboxylic acids is 1. The van der Waals surface area contributed by atoms with E-state index >= 15 is 0 Å². The lowest BCUT2D eigenvalue weighted by atomic mass is 9.86. The van der Waals surface area contributed by atoms with Gasteiger partial charge in [0.05, 0.1) is 12.3 Å². The molecule has 0 aromatic heterocycles. The van der Waals surface area contributed by atoms with Crippen LogP contribution in [0.2, 0.25) is 0 Å². The fraction of sp³-hybridized carbons (Fsp3) is 0.368. The molecule has 0 bridgehead atoms. The normalized spacial score (nSPS) is 14.2. The molecule has 0 unspecified atom stereocenters. The maximum absolute atomic E-state index is 12.7. The Bertz CT molecular complexity index is 743. The third kappa shape index (κ3) is 4.32. The molecule has 128 valence electrons. The van der Waals surface area contributed by atoms with Crippen molar-refractivity contribution in [1.82, 2.24) is 0 Å². The van der Waals surface area contributed by atoms with Crippen molar-refractivity contribution in [3.05, 3.63) is 48.0 Å². The summed E-state index contributed by atoms with van der Waals surface area (Å²) in [5, 5.41) is 10.9. The Morgan fingerprint density at radius 1 is 1.12 bits per heavy atom. The van der Waals surface area contributed by atoms with Gasteiger partial charge in [0.25, 0.3) is 0 Å². The highest BCUT2D eigenvalue weighted by atomic mass is 16.6. The fourth-order valence-corrected chi connectivity index (χ4v) is 2.74. The van der Waals surface area contributed by atoms with Crippen LogP contribution < -0.4 is 5.73 Å². The molecule has 0 spiro atoms. The van der Waals surface area contributed by atoms with E-state index < -0.39 is 29.5 Å². The fourth-order valence-electron chi connectivity index (χ4n) is 2.74. The Morgan fingerprint density at radius 3 is 2.38 bits per heavy atom. The van der Waals surface area contributed by atoms with Crippen molar-refractivity contribution < 1.29 is 19.4 Å². The summed E-state index contributed by atoms with van der Waals surface area (Å²) < 4.78 is 5.49. The lowest BCUT2D eigenvalue weighted by Gasteiger charge is -2.27. The van der Waals surface area contributed by atoms with Gasteiger partial charge < -0.3 is 15.6 Å². The van der Waals surface area contributed by atoms with Crippen molar-refractivity contribution in [1.29, 1.82) is 0 Å². The van der Waals surface area contributed by atoms with E-state index in [-0.39, 0.29) is 6.42 Å². The first-order valence-electron chi connectivity index (χ1n) is 7.87. The van der Waals surface area contributed by atoms with E-state index in [0.29, 0.717) is 5.56 Å². The summed E-state index contributed by atoms with van der Waals surface area (Å²) in [7, 11) is 0. The van der Waals surface area contributed by atoms with Crippen molar-refractivity contribution in [2.24, 2.45) is 5.73 Å². The van der Waals surface area contributed by atoms with Crippen LogP contribution in [-0.2, 0) is 14.3 Å². The van der Waals surface area contributed by atoms with Gasteiger partial charge in [0.1, 0.15) is 5.60 Å². The van der Waals surface area contributed by atoms with Crippen molar-refractivity contribution in [2.75, 3.05) is 0 Å². The molecule has 5 nitrogen and oxygen atoms in total. The minimum atomic E-state index is -1.05. The van der Waals surface area contributed by atoms with Gasteiger partial charge in [-0.15, -0.1) is 0 Å². The van der Waals surface area contributed by atoms with Crippen LogP contribution >= 0.6 is 0 Å². The van der Waals surface area contributed by atoms with Crippen molar-refractivity contribution in [3.63, 3.8) is 0 Å². The number of ether oxygens (including phenoxy) is 1. The number of hydrogen-bond donors (Lipinski definition) is 2. The topological polar surface area (TPSA) is 89.6 Å². The molecule has 2 aromatic carbocycles. The van der Waals surface area contributed by atoms with E-state index in [4.69, 9.17) is 15.6 Å². The largest absolute Gasteiger partial charge is 0.481 e. The molecule has 0 fully saturated rings. The zero-order valence-electron chi connectivity index (χ0n) is 14.2. The second-order valence-electron chi connectivity index (χ2n) is 6.84. The molecule has 5 heteroatoms. The second-order valence-corrected chi connectivity index (χ2v) is 6.84. The average molecular weight is 329 g/mol. The quantitative estimate of drug-likeness (QED) is 0.823. The van der Waals surface area contributed by atoms with Gasteiger partial charge in [-0.2, -0.15) is 0 Å². The van der Waals surface area contributed by atoms with Crippen molar-refractivity contribution >= 4 is 22.7 Å². The molecule has 0 aliphatic rings. The number of nitrogens with two attached hydrogens (primary N) is 1. The Balaban J connectivity index is 2.51. The van der Waals surface area contributed by atoms with Crippen LogP contribution in [0.4, 0.5) is 0 Å². The number of esters is 1. The molecule has 3 N–H and O–H groups in total. The first-order chi connectivity index (χ1) is 11.2. The summed E-state index contributed by atoms with van der Waals surface area (Å²) >= 11 is 0. The first kappa shape index (κ1) is 17.9. The predicted octanol–water partition coefficient (Wildman–Crippen LogP) is 3.07. The zero-order valence-corrected chi connectivity index (χ0v) is 14.2. The van der Waals surface area contributed by atoms with Gasteiger partial charge in [-0.1, -0.05) is 42.5 Å². The van der Waals surface area contributed by atoms with Crippen LogP contribution in [0.1, 0.15) is 38.7 Å². The average Bonchev–Trinajstić information content (AvgIpc) is 2.45. The van der Waals surface area contributed by atoms with Crippen LogP contribution in [0.25, 0.3) is 10.8 Å². The minimum absolute atomic E-state index is 0.312. The molecule has 0 heterocycles. The zero-order chi connectivity index (χ0) is 17.9. The molecule has 2 aromatic rings. The van der Waals surface area contributed by atoms with Crippen molar-refractivity contribution in [3.8, 4) is 0 Å². The van der Waals surface area contributed by atoms with Gasteiger partial charge in [0.2, 0.25) is 0 Å². The number of hydrogen-bond acceptors (Lipinski definition) is 4. The van der Waals surface area contributed by atoms with E-state index in [1.54, 1.807) is 26.8 Å². The molecule has 0 saturated heterocycles. The molecule has 2 rings (SSSR count). The number of carbonyl (C=O) groups is 2. The first-order valence-corrected chi connectivity index (χ1v) is 7.87. The molecule has 24 heavy (non-hydrogen) atoms. The minimum Gasteiger partial charge on any atom is -0.481 e. The van der Waals surface area contributed by atoms with E-state index in [9.17, 15) is 9.59 Å². The summed E-state index contributed by atoms with van der Waals surface area (Å²) in [4.78, 5) is 23.8. The van der Waals surface area contributed by atoms with E-state index in [1.165, 1.54) is 0 Å². The standard InChI is InChI=1S/C19H23NO4/c1-19(2,3)24-18(23)17(15(20)11-16(21)22)14-10-6-8-12-7-4-5-9-13(12)14/h4-10,15,17H,11,20H2,1-3H3,(H,21,22)/t15-,17+/m1/s1. The lowest BCUT2D eigenvalue weighted by Crippen LogP contribution is -2.39. The van der Waals surface area contributed by atoms with Gasteiger partial charge in [0, 0.05) is 6.04 Å². The number of aliphatic carboxylic acids is 1. The highest BCUT2D eigenvalue weighted by Crippen LogP contribution is 2.30. The van der Waals surface area contributed by atoms with Crippen LogP contribution in [0.3, 0.4) is 0 Å². The Morgan fingerprint density at radius 2 is 1.75 bits per heavy atom. The number of carboxylic acids is 1. The smallest absolute Gasteiger partial charge is 0.315 e. The van der Waals surface area contributed by atoms with Crippen LogP contribution in [-0.4, -0.2) is 28.7 Å². The van der Waals surface area contributed by atoms with E-state index in [2.05, 4.69) is 0 Å². The number of benzene rings is 2. The Hall–Kier alpha value is -2.40. The van der Waals surface area contributed by atoms with E-state index in [0.717, 1.165) is 10.8 Å². The SMILES string of the molecule is CC(C)(C)OC(=O)[C@@H](c1cccc2ccccc12)[C@H](N)CC(=O)O. The number of carboxylic acid groups (broad SMARTS) is 1. The molecule has 0 aliphatic carbocycles. The van der Waals surface area contributed by atoms with Crippen LogP contribution in [0, 0.1) is 0 Å². The van der Waals surface area contributed by atoms with Gasteiger partial charge in [-0.3, -0.25) is 9.59 Å². The Labute approximate surface area is 141 Å². The highest BCUT2D eigenvalue weighted by Gasteiger charge is 2.33. The number of fused-ring (bicyclic) bond motifs is 1. The summed E-state index contributed by atoms with van der Waals surface area (Å²) in [5.41, 5.74) is 6.09. The summed E-state index contributed by atoms with van der Waals surface area (Å²) in [5.74, 6) is -2.39. The van der Waals surface area contributed by atoms with Crippen LogP contribution in [0.5, 0.6) is 0 Å². The van der Waals surface area contributed by atoms with Crippen molar-refractivity contribution in [2.45, 2.75) is 44.8 Å². The van der Waals surface area contributed by atoms with E-state index in [1.807, 2.05) is 36.4 Å². The van der Waals surface area contributed by atoms with Gasteiger partial charge >= 0.3 is 11.9 Å². The summed E-state index contributed by atoms with van der Waals surface area (Å²) in [6.07, 6.45) is -0.312. The molecular formula is C19H23NO4. The summed E-state index contributed by atoms with van der Waals surface area (Å²) in [6.45, 7) is 5.31. The highest BCUT2D eigenvalue weighted by molar-refractivity contribution is 5.92. The van der Waals surface area contributed by atoms with Crippen LogP contribution in [0.15, 0.2) is 42.5 Å². The van der Waals surface area contributed by atoms with Gasteiger partial charge in [0.15, 0.2) is 0 Å². The molecule has 0 aliphatic heterocycles. The maximum Gasteiger partial charge on any atom is 0.315 e. The monoisotopic (exact) mass is 329 g/mol. The third-order valence-corrected chi connectivity index (χ3v) is 3.66. The molecule has 0 saturated carbocycles. The summed E-state index contributed by atoms with van der Waals surface area (Å²) in [6, 6.07) is 12.3. The molecule has 2 atom stereocenters. The predicted molar refractivity (Wildman–Crippen MR) is 92.8 cm³/mol. The molecule has 0 amide bonds.